The van der Waals surface area contributed by atoms with E-state index in [0.717, 1.165) is 36.8 Å². The molecule has 98 valence electrons. The Labute approximate surface area is 112 Å². The smallest absolute Gasteiger partial charge is 0.0941 e. The second kappa shape index (κ2) is 8.86. The van der Waals surface area contributed by atoms with E-state index in [-0.39, 0.29) is 6.61 Å². The maximum absolute atomic E-state index is 9.00. The second-order valence-electron chi connectivity index (χ2n) is 4.04. The van der Waals surface area contributed by atoms with Crippen LogP contribution in [0.1, 0.15) is 30.5 Å². The van der Waals surface area contributed by atoms with Crippen LogP contribution in [0.4, 0.5) is 0 Å². The largest absolute Gasteiger partial charge is 0.395 e. The number of aliphatic hydroxyl groups is 1. The molecule has 0 fully saturated rings. The van der Waals surface area contributed by atoms with Gasteiger partial charge in [-0.15, -0.1) is 22.9 Å². The highest BCUT2D eigenvalue weighted by Gasteiger charge is 2.06. The maximum Gasteiger partial charge on any atom is 0.0941 e. The zero-order chi connectivity index (χ0) is 12.5. The van der Waals surface area contributed by atoms with Crippen molar-refractivity contribution < 1.29 is 5.11 Å². The molecule has 1 heterocycles. The Morgan fingerprint density at radius 2 is 2.24 bits per heavy atom. The third-order valence-corrected chi connectivity index (χ3v) is 3.85. The lowest BCUT2D eigenvalue weighted by atomic mass is 10.3. The van der Waals surface area contributed by atoms with Gasteiger partial charge in [-0.3, -0.25) is 0 Å². The molecule has 3 nitrogen and oxygen atoms in total. The number of nitrogens with zero attached hydrogens (tertiary/aromatic N) is 2. The van der Waals surface area contributed by atoms with Gasteiger partial charge in [-0.2, -0.15) is 0 Å². The van der Waals surface area contributed by atoms with Gasteiger partial charge in [-0.05, 0) is 13.0 Å². The summed E-state index contributed by atoms with van der Waals surface area (Å²) in [7, 11) is 0. The van der Waals surface area contributed by atoms with Crippen molar-refractivity contribution >= 4 is 22.9 Å². The van der Waals surface area contributed by atoms with Crippen molar-refractivity contribution in [2.24, 2.45) is 0 Å². The normalized spacial score (nSPS) is 11.3. The van der Waals surface area contributed by atoms with Gasteiger partial charge in [0.05, 0.1) is 23.2 Å². The minimum atomic E-state index is 0.231. The van der Waals surface area contributed by atoms with Gasteiger partial charge in [0.15, 0.2) is 0 Å². The average molecular weight is 277 g/mol. The molecule has 0 radical (unpaired) electrons. The summed E-state index contributed by atoms with van der Waals surface area (Å²) in [6.45, 7) is 5.20. The fourth-order valence-electron chi connectivity index (χ4n) is 1.64. The molecular weight excluding hydrogens is 256 g/mol. The summed E-state index contributed by atoms with van der Waals surface area (Å²) in [5, 5.41) is 12.2. The molecule has 0 aliphatic rings. The van der Waals surface area contributed by atoms with Crippen LogP contribution in [0.15, 0.2) is 5.38 Å². The number of unbranched alkanes of at least 4 members (excludes halogenated alkanes) is 1. The molecule has 0 spiro atoms. The van der Waals surface area contributed by atoms with Crippen molar-refractivity contribution in [1.29, 1.82) is 0 Å². The first kappa shape index (κ1) is 14.9. The number of aromatic nitrogens is 1. The number of rotatable bonds is 9. The second-order valence-corrected chi connectivity index (χ2v) is 5.24. The van der Waals surface area contributed by atoms with Gasteiger partial charge in [0.25, 0.3) is 0 Å². The van der Waals surface area contributed by atoms with Crippen LogP contribution >= 0.6 is 22.9 Å². The molecule has 0 aliphatic carbocycles. The molecule has 0 unspecified atom stereocenters. The zero-order valence-electron chi connectivity index (χ0n) is 10.4. The summed E-state index contributed by atoms with van der Waals surface area (Å²) < 4.78 is 0. The minimum Gasteiger partial charge on any atom is -0.395 e. The van der Waals surface area contributed by atoms with Crippen molar-refractivity contribution in [1.82, 2.24) is 9.88 Å². The van der Waals surface area contributed by atoms with Gasteiger partial charge >= 0.3 is 0 Å². The highest BCUT2D eigenvalue weighted by atomic mass is 35.5. The van der Waals surface area contributed by atoms with E-state index in [0.29, 0.717) is 5.88 Å². The summed E-state index contributed by atoms with van der Waals surface area (Å²) in [6, 6.07) is 0. The molecule has 17 heavy (non-hydrogen) atoms. The van der Waals surface area contributed by atoms with Crippen molar-refractivity contribution in [3.05, 3.63) is 16.1 Å². The van der Waals surface area contributed by atoms with E-state index < -0.39 is 0 Å². The lowest BCUT2D eigenvalue weighted by molar-refractivity contribution is 0.195. The van der Waals surface area contributed by atoms with E-state index in [1.807, 2.05) is 5.38 Å². The van der Waals surface area contributed by atoms with Crippen molar-refractivity contribution in [2.75, 3.05) is 26.2 Å². The first-order chi connectivity index (χ1) is 8.30. The monoisotopic (exact) mass is 276 g/mol. The molecular formula is C12H21ClN2OS. The highest BCUT2D eigenvalue weighted by molar-refractivity contribution is 7.09. The quantitative estimate of drug-likeness (QED) is 0.704. The predicted octanol–water partition coefficient (Wildman–Crippen LogP) is 2.52. The average Bonchev–Trinajstić information content (AvgIpc) is 2.80. The van der Waals surface area contributed by atoms with Crippen LogP contribution < -0.4 is 0 Å². The van der Waals surface area contributed by atoms with Crippen LogP contribution in [0.3, 0.4) is 0 Å². The highest BCUT2D eigenvalue weighted by Crippen LogP contribution is 2.12. The Bertz CT molecular complexity index is 306. The summed E-state index contributed by atoms with van der Waals surface area (Å²) >= 11 is 7.40. The molecule has 1 aromatic heterocycles. The lowest BCUT2D eigenvalue weighted by Crippen LogP contribution is -2.30. The van der Waals surface area contributed by atoms with Gasteiger partial charge in [-0.1, -0.05) is 13.3 Å². The number of alkyl halides is 1. The number of aliphatic hydroxyl groups excluding tert-OH is 1. The third kappa shape index (κ3) is 5.82. The predicted molar refractivity (Wildman–Crippen MR) is 73.8 cm³/mol. The molecule has 0 saturated heterocycles. The van der Waals surface area contributed by atoms with E-state index in [4.69, 9.17) is 16.7 Å². The Kier molecular flexibility index (Phi) is 7.77. The van der Waals surface area contributed by atoms with Gasteiger partial charge in [-0.25, -0.2) is 4.98 Å². The van der Waals surface area contributed by atoms with E-state index >= 15 is 0 Å². The SMILES string of the molecule is CCCCN(CCO)CCc1nc(CCl)cs1. The molecule has 1 rings (SSSR count). The molecule has 0 bridgehead atoms. The summed E-state index contributed by atoms with van der Waals surface area (Å²) in [5.74, 6) is 0.493. The molecule has 0 aliphatic heterocycles. The lowest BCUT2D eigenvalue weighted by Gasteiger charge is -2.20. The third-order valence-electron chi connectivity index (χ3n) is 2.62. The van der Waals surface area contributed by atoms with Gasteiger partial charge in [0.2, 0.25) is 0 Å². The standard InChI is InChI=1S/C12H21ClN2OS/c1-2-3-5-15(7-8-16)6-4-12-14-11(9-13)10-17-12/h10,16H,2-9H2,1H3. The van der Waals surface area contributed by atoms with Crippen molar-refractivity contribution in [3.63, 3.8) is 0 Å². The van der Waals surface area contributed by atoms with Crippen LogP contribution in [0, 0.1) is 0 Å². The fourth-order valence-corrected chi connectivity index (χ4v) is 2.65. The summed E-state index contributed by atoms with van der Waals surface area (Å²) in [4.78, 5) is 6.74. The Morgan fingerprint density at radius 1 is 1.41 bits per heavy atom. The Morgan fingerprint density at radius 3 is 2.82 bits per heavy atom. The van der Waals surface area contributed by atoms with Gasteiger partial charge in [0, 0.05) is 24.9 Å². The van der Waals surface area contributed by atoms with E-state index in [1.165, 1.54) is 12.8 Å². The number of hydrogen-bond donors (Lipinski definition) is 1. The summed E-state index contributed by atoms with van der Waals surface area (Å²) in [6.07, 6.45) is 3.33. The van der Waals surface area contributed by atoms with Crippen LogP contribution in [0.25, 0.3) is 0 Å². The van der Waals surface area contributed by atoms with Crippen molar-refractivity contribution in [3.8, 4) is 0 Å². The van der Waals surface area contributed by atoms with Crippen LogP contribution in [0.2, 0.25) is 0 Å². The van der Waals surface area contributed by atoms with E-state index in [1.54, 1.807) is 11.3 Å². The van der Waals surface area contributed by atoms with Gasteiger partial charge < -0.3 is 10.0 Å². The molecule has 0 amide bonds. The number of halogens is 1. The van der Waals surface area contributed by atoms with Crippen LogP contribution in [-0.2, 0) is 12.3 Å². The van der Waals surface area contributed by atoms with Crippen LogP contribution in [-0.4, -0.2) is 41.2 Å². The Hall–Kier alpha value is -0.160. The molecule has 0 atom stereocenters. The fraction of sp³-hybridized carbons (Fsp3) is 0.750. The molecule has 0 aromatic carbocycles. The van der Waals surface area contributed by atoms with Crippen molar-refractivity contribution in [2.45, 2.75) is 32.1 Å². The van der Waals surface area contributed by atoms with E-state index in [2.05, 4.69) is 16.8 Å². The van der Waals surface area contributed by atoms with Gasteiger partial charge in [0.1, 0.15) is 0 Å². The number of hydrogen-bond acceptors (Lipinski definition) is 4. The van der Waals surface area contributed by atoms with E-state index in [9.17, 15) is 0 Å². The maximum atomic E-state index is 9.00. The molecule has 0 saturated carbocycles. The summed E-state index contributed by atoms with van der Waals surface area (Å²) in [5.41, 5.74) is 0.967. The number of thiazole rings is 1. The molecule has 1 aromatic rings. The zero-order valence-corrected chi connectivity index (χ0v) is 11.9. The first-order valence-corrected chi connectivity index (χ1v) is 7.54. The van der Waals surface area contributed by atoms with Crippen LogP contribution in [0.5, 0.6) is 0 Å². The molecule has 1 N–H and O–H groups in total. The Balaban J connectivity index is 2.34. The first-order valence-electron chi connectivity index (χ1n) is 6.12. The minimum absolute atomic E-state index is 0.231. The topological polar surface area (TPSA) is 36.4 Å². The molecule has 5 heteroatoms.